The SMILES string of the molecule is Cc1nc2c(c(C)c1C)c(C)c(C)c1c(C)c(C)c(C)nc12.Cc1nc2c(c(C)c1C)c(C)c(C)c1c(C)c(C)c(C)nc12.Cc1nc2c(c(C)c1C)c(C)c(C)c1c(C)c(C)c(C)nc12.Cc1nc2c(c(C)c1C)c(C)c(C)c1c(C)c(C)c(C)nc12.[Ru+2].[Ru+2].c1cnc2c(c1)c1nc3c4cccnc4c4ncccc4c3nc1c1cccnc12. The van der Waals surface area contributed by atoms with Crippen molar-refractivity contribution in [1.29, 1.82) is 0 Å². The zero-order valence-corrected chi connectivity index (χ0v) is 79.4. The van der Waals surface area contributed by atoms with Crippen molar-refractivity contribution in [2.24, 2.45) is 0 Å². The molecule has 0 aliphatic rings. The van der Waals surface area contributed by atoms with Gasteiger partial charge in [0, 0.05) is 135 Å². The fourth-order valence-electron chi connectivity index (χ4n) is 18.4. The number of nitrogens with zero attached hydrogens (tertiary/aromatic N) is 14. The quantitative estimate of drug-likeness (QED) is 0.0794. The van der Waals surface area contributed by atoms with Crippen molar-refractivity contribution in [2.75, 3.05) is 0 Å². The molecule has 19 rings (SSSR count). The maximum Gasteiger partial charge on any atom is 2.00 e. The zero-order valence-electron chi connectivity index (χ0n) is 75.9. The van der Waals surface area contributed by atoms with Gasteiger partial charge < -0.3 is 0 Å². The molecule has 0 fully saturated rings. The van der Waals surface area contributed by atoms with Gasteiger partial charge in [0.15, 0.2) is 0 Å². The third-order valence-electron chi connectivity index (χ3n) is 27.7. The minimum atomic E-state index is 0. The first-order chi connectivity index (χ1) is 55.9. The maximum atomic E-state index is 5.14. The van der Waals surface area contributed by atoms with Gasteiger partial charge in [-0.1, -0.05) is 0 Å². The Bertz CT molecular complexity index is 6480. The molecule has 0 atom stereocenters. The first-order valence-corrected chi connectivity index (χ1v) is 41.2. The summed E-state index contributed by atoms with van der Waals surface area (Å²) in [6.45, 7) is 69.4. The molecule has 19 aromatic rings. The van der Waals surface area contributed by atoms with Crippen LogP contribution in [-0.4, -0.2) is 69.8 Å². The Hall–Kier alpha value is -10.9. The van der Waals surface area contributed by atoms with Crippen molar-refractivity contribution >= 4 is 153 Å². The summed E-state index contributed by atoms with van der Waals surface area (Å²) in [5, 5.41) is 14.0. The second-order valence-electron chi connectivity index (χ2n) is 33.6. The van der Waals surface area contributed by atoms with E-state index in [4.69, 9.17) is 49.8 Å². The molecule has 0 unspecified atom stereocenters. The second-order valence-corrected chi connectivity index (χ2v) is 33.6. The topological polar surface area (TPSA) is 180 Å². The molecule has 0 amide bonds. The van der Waals surface area contributed by atoms with Crippen LogP contribution in [0.15, 0.2) is 73.3 Å². The predicted octanol–water partition coefficient (Wildman–Crippen LogP) is 26.0. The number of benzene rings is 6. The van der Waals surface area contributed by atoms with Crippen LogP contribution in [0.25, 0.3) is 153 Å². The van der Waals surface area contributed by atoms with Gasteiger partial charge in [-0.25, -0.2) is 9.97 Å². The number of rotatable bonds is 0. The van der Waals surface area contributed by atoms with E-state index < -0.39 is 0 Å². The van der Waals surface area contributed by atoms with Gasteiger partial charge in [0.05, 0.1) is 88.3 Å². The summed E-state index contributed by atoms with van der Waals surface area (Å²) in [5.41, 5.74) is 55.6. The molecular weight excluding hydrogens is 1650 g/mol. The summed E-state index contributed by atoms with van der Waals surface area (Å²) in [4.78, 5) is 68.0. The predicted molar refractivity (Wildman–Crippen MR) is 498 cm³/mol. The van der Waals surface area contributed by atoms with Gasteiger partial charge in [-0.3, -0.25) is 59.8 Å². The van der Waals surface area contributed by atoms with Crippen molar-refractivity contribution in [3.63, 3.8) is 0 Å². The molecule has 13 heterocycles. The molecule has 0 saturated heterocycles. The Labute approximate surface area is 730 Å². The van der Waals surface area contributed by atoms with Crippen LogP contribution in [0.4, 0.5) is 0 Å². The molecule has 0 spiro atoms. The average Bonchev–Trinajstić information content (AvgIpc) is 0.745. The van der Waals surface area contributed by atoms with E-state index in [1.165, 1.54) is 177 Å². The van der Waals surface area contributed by atoms with Crippen LogP contribution >= 0.6 is 0 Å². The summed E-state index contributed by atoms with van der Waals surface area (Å²) < 4.78 is 0. The minimum absolute atomic E-state index is 0. The van der Waals surface area contributed by atoms with E-state index >= 15 is 0 Å². The largest absolute Gasteiger partial charge is 2.00 e. The molecule has 0 aliphatic carbocycles. The van der Waals surface area contributed by atoms with E-state index in [2.05, 4.69) is 241 Å². The van der Waals surface area contributed by atoms with Crippen LogP contribution in [0.3, 0.4) is 0 Å². The molecule has 606 valence electrons. The number of hydrogen-bond acceptors (Lipinski definition) is 14. The molecule has 16 heteroatoms. The standard InChI is InChI=1S/C24H12N6.4C20H24N2.2Ru/c1-5-13-17(25-9-1)18-14(6-2-10-26-18)22-21(13)29-23-15-7-3-11-27-19(15)20-16(24(23)30-22)8-4-12-28-20;4*1-9-11(3)17-13(5)14(6)18-12(4)10(2)16(8)22-20(18)19(17)21-15(9)7;;/h1-12H;4*1-8H3;;/q;;;;;2*+2. The van der Waals surface area contributed by atoms with E-state index in [1.807, 2.05) is 48.5 Å². The Morgan fingerprint density at radius 3 is 0.375 bits per heavy atom. The van der Waals surface area contributed by atoms with Gasteiger partial charge >= 0.3 is 39.0 Å². The van der Waals surface area contributed by atoms with Gasteiger partial charge in [0.2, 0.25) is 0 Å². The number of aryl methyl sites for hydroxylation is 24. The van der Waals surface area contributed by atoms with Crippen molar-refractivity contribution < 1.29 is 39.0 Å². The van der Waals surface area contributed by atoms with Gasteiger partial charge in [0.25, 0.3) is 0 Å². The Balaban J connectivity index is 0.000000130. The third kappa shape index (κ3) is 13.7. The smallest absolute Gasteiger partial charge is 0.254 e. The normalized spacial score (nSPS) is 11.5. The van der Waals surface area contributed by atoms with Crippen molar-refractivity contribution in [2.45, 2.75) is 222 Å². The van der Waals surface area contributed by atoms with Gasteiger partial charge in [-0.15, -0.1) is 0 Å². The Morgan fingerprint density at radius 1 is 0.133 bits per heavy atom. The fraction of sp³-hybridized carbons (Fsp3) is 0.308. The van der Waals surface area contributed by atoms with Crippen molar-refractivity contribution in [1.82, 2.24) is 69.8 Å². The van der Waals surface area contributed by atoms with Gasteiger partial charge in [-0.2, -0.15) is 0 Å². The summed E-state index contributed by atoms with van der Waals surface area (Å²) in [6, 6.07) is 15.8. The minimum Gasteiger partial charge on any atom is -0.254 e. The van der Waals surface area contributed by atoms with Crippen LogP contribution in [0.2, 0.25) is 0 Å². The number of hydrogen-bond donors (Lipinski definition) is 0. The van der Waals surface area contributed by atoms with Gasteiger partial charge in [0.1, 0.15) is 0 Å². The van der Waals surface area contributed by atoms with Crippen LogP contribution in [-0.2, 0) is 39.0 Å². The summed E-state index contributed by atoms with van der Waals surface area (Å²) in [6.07, 6.45) is 7.15. The maximum absolute atomic E-state index is 5.14. The molecule has 13 aromatic heterocycles. The molecule has 6 aromatic carbocycles. The first-order valence-electron chi connectivity index (χ1n) is 41.2. The summed E-state index contributed by atoms with van der Waals surface area (Å²) in [5.74, 6) is 0. The molecule has 120 heavy (non-hydrogen) atoms. The summed E-state index contributed by atoms with van der Waals surface area (Å²) in [7, 11) is 0. The number of pyridine rings is 12. The van der Waals surface area contributed by atoms with E-state index in [9.17, 15) is 0 Å². The molecule has 0 radical (unpaired) electrons. The van der Waals surface area contributed by atoms with E-state index in [0.29, 0.717) is 0 Å². The Kier molecular flexibility index (Phi) is 23.6. The molecule has 14 nitrogen and oxygen atoms in total. The van der Waals surface area contributed by atoms with E-state index in [-0.39, 0.29) is 39.0 Å². The van der Waals surface area contributed by atoms with Crippen molar-refractivity contribution in [3.05, 3.63) is 252 Å². The number of aromatic nitrogens is 14. The molecule has 0 saturated carbocycles. The molecule has 0 bridgehead atoms. The Morgan fingerprint density at radius 2 is 0.250 bits per heavy atom. The number of fused-ring (bicyclic) bond motifs is 24. The monoisotopic (exact) mass is 1760 g/mol. The van der Waals surface area contributed by atoms with Gasteiger partial charge in [-0.05, 0) is 404 Å². The molecular formula is C104H108N14Ru2+4. The molecule has 0 aliphatic heterocycles. The third-order valence-corrected chi connectivity index (χ3v) is 27.7. The van der Waals surface area contributed by atoms with Crippen molar-refractivity contribution in [3.8, 4) is 0 Å². The van der Waals surface area contributed by atoms with E-state index in [1.54, 1.807) is 24.8 Å². The van der Waals surface area contributed by atoms with Crippen LogP contribution in [0.5, 0.6) is 0 Å². The molecule has 0 N–H and O–H groups in total. The second kappa shape index (κ2) is 32.6. The first kappa shape index (κ1) is 86.9. The summed E-state index contributed by atoms with van der Waals surface area (Å²) >= 11 is 0. The van der Waals surface area contributed by atoms with E-state index in [0.717, 1.165) is 155 Å². The van der Waals surface area contributed by atoms with Crippen LogP contribution < -0.4 is 0 Å². The average molecular weight is 1760 g/mol. The van der Waals surface area contributed by atoms with Crippen LogP contribution in [0.1, 0.15) is 179 Å². The zero-order chi connectivity index (χ0) is 85.0. The fourth-order valence-corrected chi connectivity index (χ4v) is 18.4. The van der Waals surface area contributed by atoms with Crippen LogP contribution in [0, 0.1) is 222 Å².